The Morgan fingerprint density at radius 2 is 1.89 bits per heavy atom. The molecule has 0 spiro atoms. The number of benzene rings is 1. The van der Waals surface area contributed by atoms with Crippen LogP contribution in [0, 0.1) is 13.8 Å². The fourth-order valence-electron chi connectivity index (χ4n) is 2.51. The van der Waals surface area contributed by atoms with E-state index in [1.165, 1.54) is 0 Å². The lowest BCUT2D eigenvalue weighted by atomic mass is 10.1. The summed E-state index contributed by atoms with van der Waals surface area (Å²) in [4.78, 5) is 28.4. The number of amides is 2. The van der Waals surface area contributed by atoms with Crippen LogP contribution in [0.15, 0.2) is 55.0 Å². The summed E-state index contributed by atoms with van der Waals surface area (Å²) in [6.45, 7) is 4.20. The topological polar surface area (TPSA) is 88.9 Å². The zero-order valence-corrected chi connectivity index (χ0v) is 15.3. The molecule has 3 aromatic rings. The van der Waals surface area contributed by atoms with Crippen LogP contribution in [0.3, 0.4) is 0 Å². The molecule has 2 N–H and O–H groups in total. The third-order valence-corrected chi connectivity index (χ3v) is 4.22. The summed E-state index contributed by atoms with van der Waals surface area (Å²) in [6.07, 6.45) is 5.14. The Labute approximate surface area is 157 Å². The maximum absolute atomic E-state index is 12.2. The van der Waals surface area contributed by atoms with Crippen molar-refractivity contribution >= 4 is 11.8 Å². The van der Waals surface area contributed by atoms with Gasteiger partial charge in [0.15, 0.2) is 5.82 Å². The van der Waals surface area contributed by atoms with E-state index in [4.69, 9.17) is 0 Å². The van der Waals surface area contributed by atoms with Crippen LogP contribution in [0.4, 0.5) is 0 Å². The van der Waals surface area contributed by atoms with E-state index in [9.17, 15) is 9.59 Å². The van der Waals surface area contributed by atoms with Gasteiger partial charge in [0.25, 0.3) is 5.91 Å². The highest BCUT2D eigenvalue weighted by atomic mass is 16.2. The van der Waals surface area contributed by atoms with Crippen LogP contribution >= 0.6 is 0 Å². The van der Waals surface area contributed by atoms with E-state index in [1.807, 2.05) is 44.2 Å². The number of carbonyl (C=O) groups is 2. The van der Waals surface area contributed by atoms with Gasteiger partial charge in [0.2, 0.25) is 5.91 Å². The average Bonchev–Trinajstić information content (AvgIpc) is 3.21. The van der Waals surface area contributed by atoms with Crippen LogP contribution in [-0.4, -0.2) is 33.1 Å². The normalized spacial score (nSPS) is 10.4. The maximum Gasteiger partial charge on any atom is 0.251 e. The van der Waals surface area contributed by atoms with Gasteiger partial charge in [-0.25, -0.2) is 9.67 Å². The molecule has 138 valence electrons. The quantitative estimate of drug-likeness (QED) is 0.700. The molecule has 0 aliphatic heterocycles. The van der Waals surface area contributed by atoms with E-state index in [1.54, 1.807) is 29.3 Å². The molecule has 7 nitrogen and oxygen atoms in total. The standard InChI is InChI=1S/C20H21N5O2/c1-14-4-5-17(10-15(14)2)20(27)23-13-19(26)22-12-16-6-8-21-18(11-16)25-9-3-7-24-25/h3-11H,12-13H2,1-2H3,(H,22,26)(H,23,27). The van der Waals surface area contributed by atoms with Crippen LogP contribution < -0.4 is 10.6 Å². The summed E-state index contributed by atoms with van der Waals surface area (Å²) < 4.78 is 1.65. The summed E-state index contributed by atoms with van der Waals surface area (Å²) >= 11 is 0. The first-order valence-electron chi connectivity index (χ1n) is 8.60. The lowest BCUT2D eigenvalue weighted by Crippen LogP contribution is -2.36. The molecule has 0 fully saturated rings. The number of hydrogen-bond acceptors (Lipinski definition) is 4. The van der Waals surface area contributed by atoms with E-state index in [-0.39, 0.29) is 18.4 Å². The van der Waals surface area contributed by atoms with Crippen molar-refractivity contribution in [3.05, 3.63) is 77.2 Å². The lowest BCUT2D eigenvalue weighted by Gasteiger charge is -2.09. The van der Waals surface area contributed by atoms with E-state index < -0.39 is 0 Å². The number of carbonyl (C=O) groups excluding carboxylic acids is 2. The summed E-state index contributed by atoms with van der Waals surface area (Å²) in [5.41, 5.74) is 3.60. The molecule has 1 aromatic carbocycles. The molecule has 27 heavy (non-hydrogen) atoms. The summed E-state index contributed by atoms with van der Waals surface area (Å²) in [5.74, 6) is 0.151. The molecule has 2 amide bonds. The molecular weight excluding hydrogens is 342 g/mol. The van der Waals surface area contributed by atoms with Gasteiger partial charge < -0.3 is 10.6 Å². The van der Waals surface area contributed by atoms with Gasteiger partial charge in [-0.05, 0) is 60.9 Å². The Morgan fingerprint density at radius 1 is 1.04 bits per heavy atom. The van der Waals surface area contributed by atoms with Crippen molar-refractivity contribution in [2.24, 2.45) is 0 Å². The van der Waals surface area contributed by atoms with Gasteiger partial charge >= 0.3 is 0 Å². The molecule has 0 aliphatic carbocycles. The van der Waals surface area contributed by atoms with Crippen molar-refractivity contribution < 1.29 is 9.59 Å². The van der Waals surface area contributed by atoms with Crippen LogP contribution in [-0.2, 0) is 11.3 Å². The molecular formula is C20H21N5O2. The number of nitrogens with zero attached hydrogens (tertiary/aromatic N) is 3. The molecule has 7 heteroatoms. The van der Waals surface area contributed by atoms with Gasteiger partial charge in [0.1, 0.15) is 0 Å². The fraction of sp³-hybridized carbons (Fsp3) is 0.200. The zero-order chi connectivity index (χ0) is 19.2. The Bertz CT molecular complexity index is 951. The smallest absolute Gasteiger partial charge is 0.251 e. The minimum absolute atomic E-state index is 0.0805. The Morgan fingerprint density at radius 3 is 2.63 bits per heavy atom. The predicted octanol–water partition coefficient (Wildman–Crippen LogP) is 1.93. The van der Waals surface area contributed by atoms with Crippen molar-refractivity contribution in [2.45, 2.75) is 20.4 Å². The molecule has 0 saturated carbocycles. The second-order valence-corrected chi connectivity index (χ2v) is 6.23. The minimum atomic E-state index is -0.266. The summed E-state index contributed by atoms with van der Waals surface area (Å²) in [5, 5.41) is 9.56. The Balaban J connectivity index is 1.50. The van der Waals surface area contributed by atoms with E-state index in [0.717, 1.165) is 16.7 Å². The van der Waals surface area contributed by atoms with Gasteiger partial charge in [0, 0.05) is 30.7 Å². The highest BCUT2D eigenvalue weighted by molar-refractivity contribution is 5.96. The van der Waals surface area contributed by atoms with Gasteiger partial charge in [-0.15, -0.1) is 0 Å². The van der Waals surface area contributed by atoms with Crippen molar-refractivity contribution in [2.75, 3.05) is 6.54 Å². The molecule has 0 radical (unpaired) electrons. The molecule has 2 aromatic heterocycles. The minimum Gasteiger partial charge on any atom is -0.350 e. The van der Waals surface area contributed by atoms with Crippen LogP contribution in [0.1, 0.15) is 27.0 Å². The second-order valence-electron chi connectivity index (χ2n) is 6.23. The number of hydrogen-bond donors (Lipinski definition) is 2. The van der Waals surface area contributed by atoms with Crippen molar-refractivity contribution in [1.82, 2.24) is 25.4 Å². The predicted molar refractivity (Wildman–Crippen MR) is 101 cm³/mol. The summed E-state index contributed by atoms with van der Waals surface area (Å²) in [7, 11) is 0. The average molecular weight is 363 g/mol. The van der Waals surface area contributed by atoms with Crippen LogP contribution in [0.5, 0.6) is 0 Å². The van der Waals surface area contributed by atoms with Crippen LogP contribution in [0.2, 0.25) is 0 Å². The monoisotopic (exact) mass is 363 g/mol. The molecule has 0 unspecified atom stereocenters. The fourth-order valence-corrected chi connectivity index (χ4v) is 2.51. The van der Waals surface area contributed by atoms with Gasteiger partial charge in [0.05, 0.1) is 6.54 Å². The number of aromatic nitrogens is 3. The Kier molecular flexibility index (Phi) is 5.61. The van der Waals surface area contributed by atoms with Gasteiger partial charge in [-0.2, -0.15) is 5.10 Å². The first-order valence-corrected chi connectivity index (χ1v) is 8.60. The first kappa shape index (κ1) is 18.3. The zero-order valence-electron chi connectivity index (χ0n) is 15.3. The molecule has 3 rings (SSSR count). The van der Waals surface area contributed by atoms with E-state index in [2.05, 4.69) is 20.7 Å². The van der Waals surface area contributed by atoms with Crippen LogP contribution in [0.25, 0.3) is 5.82 Å². The maximum atomic E-state index is 12.2. The highest BCUT2D eigenvalue weighted by Gasteiger charge is 2.09. The van der Waals surface area contributed by atoms with Crippen molar-refractivity contribution in [3.8, 4) is 5.82 Å². The number of nitrogens with one attached hydrogen (secondary N) is 2. The molecule has 0 atom stereocenters. The third-order valence-electron chi connectivity index (χ3n) is 4.22. The molecule has 0 saturated heterocycles. The Hall–Kier alpha value is -3.48. The molecule has 2 heterocycles. The van der Waals surface area contributed by atoms with Crippen molar-refractivity contribution in [1.29, 1.82) is 0 Å². The summed E-state index contributed by atoms with van der Waals surface area (Å²) in [6, 6.07) is 10.9. The van der Waals surface area contributed by atoms with E-state index >= 15 is 0 Å². The second kappa shape index (κ2) is 8.27. The van der Waals surface area contributed by atoms with Crippen molar-refractivity contribution in [3.63, 3.8) is 0 Å². The van der Waals surface area contributed by atoms with E-state index in [0.29, 0.717) is 17.9 Å². The van der Waals surface area contributed by atoms with Gasteiger partial charge in [-0.1, -0.05) is 6.07 Å². The largest absolute Gasteiger partial charge is 0.350 e. The lowest BCUT2D eigenvalue weighted by molar-refractivity contribution is -0.120. The number of pyridine rings is 1. The molecule has 0 bridgehead atoms. The number of aryl methyl sites for hydroxylation is 2. The third kappa shape index (κ3) is 4.78. The number of rotatable bonds is 6. The first-order chi connectivity index (χ1) is 13.0. The molecule has 0 aliphatic rings. The van der Waals surface area contributed by atoms with Gasteiger partial charge in [-0.3, -0.25) is 9.59 Å². The highest BCUT2D eigenvalue weighted by Crippen LogP contribution is 2.09. The SMILES string of the molecule is Cc1ccc(C(=O)NCC(=O)NCc2ccnc(-n3cccn3)c2)cc1C.